The Bertz CT molecular complexity index is 296. The molecule has 3 nitrogen and oxygen atoms in total. The van der Waals surface area contributed by atoms with E-state index in [2.05, 4.69) is 26.3 Å². The number of nitrogens with one attached hydrogen (secondary N) is 2. The van der Waals surface area contributed by atoms with Crippen LogP contribution in [0.3, 0.4) is 0 Å². The van der Waals surface area contributed by atoms with E-state index in [1.54, 1.807) is 0 Å². The number of amides is 1. The molecule has 0 unspecified atom stereocenters. The second kappa shape index (κ2) is 5.88. The Balaban J connectivity index is 2.28. The normalized spacial score (nSPS) is 12.8. The van der Waals surface area contributed by atoms with Crippen LogP contribution in [0.5, 0.6) is 0 Å². The zero-order valence-electron chi connectivity index (χ0n) is 9.54. The number of carbonyl (C=O) groups excluding carboxylic acids is 1. The lowest BCUT2D eigenvalue weighted by atomic mass is 10.2. The summed E-state index contributed by atoms with van der Waals surface area (Å²) in [7, 11) is 4.25. The second-order valence-corrected chi connectivity index (χ2v) is 5.15. The molecule has 0 saturated carbocycles. The van der Waals surface area contributed by atoms with Crippen LogP contribution >= 0.6 is 11.3 Å². The van der Waals surface area contributed by atoms with Gasteiger partial charge in [0.05, 0.1) is 25.5 Å². The van der Waals surface area contributed by atoms with E-state index in [-0.39, 0.29) is 5.91 Å². The van der Waals surface area contributed by atoms with Gasteiger partial charge in [0.2, 0.25) is 0 Å². The molecule has 0 saturated heterocycles. The molecule has 0 aliphatic carbocycles. The summed E-state index contributed by atoms with van der Waals surface area (Å²) in [5.41, 5.74) is 0. The van der Waals surface area contributed by atoms with Gasteiger partial charge in [-0.15, -0.1) is 11.3 Å². The minimum Gasteiger partial charge on any atom is -0.351 e. The van der Waals surface area contributed by atoms with E-state index < -0.39 is 0 Å². The minimum atomic E-state index is 0.0469. The van der Waals surface area contributed by atoms with Gasteiger partial charge in [-0.3, -0.25) is 4.79 Å². The smallest absolute Gasteiger partial charge is 0.261 e. The van der Waals surface area contributed by atoms with E-state index in [9.17, 15) is 4.79 Å². The third-order valence-electron chi connectivity index (χ3n) is 2.11. The van der Waals surface area contributed by atoms with E-state index >= 15 is 0 Å². The molecule has 0 fully saturated rings. The number of thiophene rings is 1. The summed E-state index contributed by atoms with van der Waals surface area (Å²) in [6.45, 7) is 3.98. The fraction of sp³-hybridized carbons (Fsp3) is 0.545. The average Bonchev–Trinajstić information content (AvgIpc) is 2.65. The summed E-state index contributed by atoms with van der Waals surface area (Å²) in [6, 6.07) is 3.74. The molecule has 1 aromatic heterocycles. The standard InChI is InChI=1S/C11H18N2OS/c1-9(8-13(2)3)7-12-11(14)10-5-4-6-15-10/h4-6,9H,7-8H2,1-3H3,(H,12,14)/p+1/t9-/m0/s1. The maximum atomic E-state index is 11.6. The van der Waals surface area contributed by atoms with Crippen LogP contribution in [0.4, 0.5) is 0 Å². The van der Waals surface area contributed by atoms with Crippen molar-refractivity contribution in [1.82, 2.24) is 5.32 Å². The molecule has 2 N–H and O–H groups in total. The summed E-state index contributed by atoms with van der Waals surface area (Å²) in [5.74, 6) is 0.560. The molecule has 1 atom stereocenters. The lowest BCUT2D eigenvalue weighted by molar-refractivity contribution is -0.861. The topological polar surface area (TPSA) is 33.5 Å². The molecular weight excluding hydrogens is 208 g/mol. The van der Waals surface area contributed by atoms with Gasteiger partial charge in [-0.2, -0.15) is 0 Å². The van der Waals surface area contributed by atoms with Crippen molar-refractivity contribution in [2.75, 3.05) is 27.2 Å². The lowest BCUT2D eigenvalue weighted by Crippen LogP contribution is -3.06. The Hall–Kier alpha value is -0.870. The van der Waals surface area contributed by atoms with Crippen molar-refractivity contribution in [3.8, 4) is 0 Å². The summed E-state index contributed by atoms with van der Waals surface area (Å²) in [4.78, 5) is 13.8. The van der Waals surface area contributed by atoms with Crippen LogP contribution in [-0.2, 0) is 0 Å². The van der Waals surface area contributed by atoms with Crippen molar-refractivity contribution in [1.29, 1.82) is 0 Å². The molecule has 1 amide bonds. The summed E-state index contributed by atoms with van der Waals surface area (Å²) in [6.07, 6.45) is 0. The van der Waals surface area contributed by atoms with Crippen molar-refractivity contribution >= 4 is 17.2 Å². The Morgan fingerprint density at radius 2 is 2.33 bits per heavy atom. The van der Waals surface area contributed by atoms with Crippen LogP contribution in [0, 0.1) is 5.92 Å². The number of carbonyl (C=O) groups is 1. The zero-order chi connectivity index (χ0) is 11.3. The van der Waals surface area contributed by atoms with Gasteiger partial charge in [0, 0.05) is 12.5 Å². The highest BCUT2D eigenvalue weighted by atomic mass is 32.1. The first kappa shape index (κ1) is 12.2. The van der Waals surface area contributed by atoms with Gasteiger partial charge in [-0.1, -0.05) is 13.0 Å². The molecule has 0 aliphatic heterocycles. The molecule has 4 heteroatoms. The first-order valence-corrected chi connectivity index (χ1v) is 6.08. The monoisotopic (exact) mass is 227 g/mol. The Morgan fingerprint density at radius 1 is 1.60 bits per heavy atom. The van der Waals surface area contributed by atoms with Crippen LogP contribution in [0.15, 0.2) is 17.5 Å². The van der Waals surface area contributed by atoms with Gasteiger partial charge in [0.1, 0.15) is 0 Å². The third-order valence-corrected chi connectivity index (χ3v) is 2.98. The summed E-state index contributed by atoms with van der Waals surface area (Å²) >= 11 is 1.48. The number of quaternary nitrogens is 1. The number of rotatable bonds is 5. The molecule has 15 heavy (non-hydrogen) atoms. The Labute approximate surface area is 95.1 Å². The molecule has 0 aliphatic rings. The first-order chi connectivity index (χ1) is 7.09. The summed E-state index contributed by atoms with van der Waals surface area (Å²) < 4.78 is 0. The van der Waals surface area contributed by atoms with Crippen LogP contribution in [0.25, 0.3) is 0 Å². The molecule has 1 rings (SSSR count). The number of hydrogen-bond acceptors (Lipinski definition) is 2. The van der Waals surface area contributed by atoms with Gasteiger partial charge in [-0.05, 0) is 11.4 Å². The van der Waals surface area contributed by atoms with E-state index in [1.165, 1.54) is 16.2 Å². The van der Waals surface area contributed by atoms with Crippen molar-refractivity contribution in [3.63, 3.8) is 0 Å². The fourth-order valence-corrected chi connectivity index (χ4v) is 2.17. The Kier molecular flexibility index (Phi) is 4.78. The average molecular weight is 227 g/mol. The Morgan fingerprint density at radius 3 is 2.87 bits per heavy atom. The van der Waals surface area contributed by atoms with Gasteiger partial charge in [0.15, 0.2) is 0 Å². The van der Waals surface area contributed by atoms with Crippen LogP contribution in [-0.4, -0.2) is 33.1 Å². The molecule has 0 radical (unpaired) electrons. The van der Waals surface area contributed by atoms with E-state index in [0.29, 0.717) is 5.92 Å². The van der Waals surface area contributed by atoms with Crippen LogP contribution in [0.2, 0.25) is 0 Å². The maximum absolute atomic E-state index is 11.6. The predicted molar refractivity (Wildman–Crippen MR) is 63.5 cm³/mol. The third kappa shape index (κ3) is 4.44. The van der Waals surface area contributed by atoms with Crippen LogP contribution < -0.4 is 10.2 Å². The largest absolute Gasteiger partial charge is 0.351 e. The van der Waals surface area contributed by atoms with Crippen molar-refractivity contribution in [2.24, 2.45) is 5.92 Å². The molecule has 0 bridgehead atoms. The predicted octanol–water partition coefficient (Wildman–Crippen LogP) is 0.259. The lowest BCUT2D eigenvalue weighted by Gasteiger charge is -2.14. The van der Waals surface area contributed by atoms with Crippen molar-refractivity contribution in [2.45, 2.75) is 6.92 Å². The van der Waals surface area contributed by atoms with E-state index in [0.717, 1.165) is 18.0 Å². The SMILES string of the molecule is C[C@@H](CNC(=O)c1cccs1)C[NH+](C)C. The first-order valence-electron chi connectivity index (χ1n) is 5.20. The van der Waals surface area contributed by atoms with Crippen molar-refractivity contribution in [3.05, 3.63) is 22.4 Å². The van der Waals surface area contributed by atoms with Gasteiger partial charge in [0.25, 0.3) is 5.91 Å². The molecule has 0 spiro atoms. The summed E-state index contributed by atoms with van der Waals surface area (Å²) in [5, 5.41) is 4.87. The highest BCUT2D eigenvalue weighted by Crippen LogP contribution is 2.07. The highest BCUT2D eigenvalue weighted by molar-refractivity contribution is 7.12. The second-order valence-electron chi connectivity index (χ2n) is 4.20. The van der Waals surface area contributed by atoms with E-state index in [1.807, 2.05) is 17.5 Å². The molecule has 0 aromatic carbocycles. The quantitative estimate of drug-likeness (QED) is 0.743. The maximum Gasteiger partial charge on any atom is 0.261 e. The van der Waals surface area contributed by atoms with Gasteiger partial charge < -0.3 is 10.2 Å². The van der Waals surface area contributed by atoms with Gasteiger partial charge >= 0.3 is 0 Å². The van der Waals surface area contributed by atoms with E-state index in [4.69, 9.17) is 0 Å². The molecule has 1 aromatic rings. The van der Waals surface area contributed by atoms with Gasteiger partial charge in [-0.25, -0.2) is 0 Å². The fourth-order valence-electron chi connectivity index (χ4n) is 1.53. The zero-order valence-corrected chi connectivity index (χ0v) is 10.4. The van der Waals surface area contributed by atoms with Crippen LogP contribution in [0.1, 0.15) is 16.6 Å². The number of hydrogen-bond donors (Lipinski definition) is 2. The highest BCUT2D eigenvalue weighted by Gasteiger charge is 2.10. The minimum absolute atomic E-state index is 0.0469. The molecule has 84 valence electrons. The molecular formula is C11H19N2OS+. The van der Waals surface area contributed by atoms with Crippen molar-refractivity contribution < 1.29 is 9.69 Å². The molecule has 1 heterocycles.